The first-order chi connectivity index (χ1) is 16.0. The van der Waals surface area contributed by atoms with Gasteiger partial charge < -0.3 is 9.80 Å². The molecule has 33 heavy (non-hydrogen) atoms. The van der Waals surface area contributed by atoms with E-state index in [2.05, 4.69) is 26.7 Å². The number of benzene rings is 1. The number of likely N-dealkylation sites (tertiary alicyclic amines) is 1. The molecule has 2 aliphatic heterocycles. The molecule has 2 fully saturated rings. The van der Waals surface area contributed by atoms with E-state index < -0.39 is 6.17 Å². The third-order valence-corrected chi connectivity index (χ3v) is 7.62. The van der Waals surface area contributed by atoms with Crippen LogP contribution in [0.2, 0.25) is 5.02 Å². The molecular weight excluding hydrogens is 441 g/mol. The number of carbonyl (C=O) groups excluding carboxylic acids is 1. The van der Waals surface area contributed by atoms with Crippen LogP contribution in [-0.4, -0.2) is 77.7 Å². The Balaban J connectivity index is 1.30. The number of nitrogens with zero attached hydrogens (tertiary/aromatic N) is 5. The molecule has 1 amide bonds. The monoisotopic (exact) mass is 471 g/mol. The Morgan fingerprint density at radius 3 is 2.58 bits per heavy atom. The number of aryl methyl sites for hydroxylation is 1. The maximum atomic E-state index is 13.8. The highest BCUT2D eigenvalue weighted by Crippen LogP contribution is 2.37. The molecule has 176 valence electrons. The number of amides is 1. The highest BCUT2D eigenvalue weighted by molar-refractivity contribution is 6.30. The Kier molecular flexibility index (Phi) is 6.52. The van der Waals surface area contributed by atoms with Crippen molar-refractivity contribution >= 4 is 23.3 Å². The number of anilines is 1. The molecule has 1 aliphatic carbocycles. The predicted octanol–water partition coefficient (Wildman–Crippen LogP) is 3.66. The number of rotatable bonds is 5. The van der Waals surface area contributed by atoms with Crippen LogP contribution in [0, 0.1) is 0 Å². The van der Waals surface area contributed by atoms with Crippen LogP contribution in [0.4, 0.5) is 10.2 Å². The topological polar surface area (TPSA) is 52.6 Å². The van der Waals surface area contributed by atoms with E-state index in [-0.39, 0.29) is 11.8 Å². The number of aromatic nitrogens is 2. The van der Waals surface area contributed by atoms with Crippen molar-refractivity contribution in [2.75, 3.05) is 50.7 Å². The van der Waals surface area contributed by atoms with E-state index in [0.717, 1.165) is 37.3 Å². The summed E-state index contributed by atoms with van der Waals surface area (Å²) in [6.45, 7) is 6.71. The number of alkyl halides is 1. The normalized spacial score (nSPS) is 24.2. The van der Waals surface area contributed by atoms with Gasteiger partial charge in [-0.05, 0) is 42.9 Å². The van der Waals surface area contributed by atoms with Gasteiger partial charge in [0.25, 0.3) is 0 Å². The van der Waals surface area contributed by atoms with Crippen molar-refractivity contribution in [3.63, 3.8) is 0 Å². The Morgan fingerprint density at radius 1 is 1.12 bits per heavy atom. The lowest BCUT2D eigenvalue weighted by Crippen LogP contribution is -2.51. The van der Waals surface area contributed by atoms with E-state index in [1.807, 2.05) is 29.2 Å². The van der Waals surface area contributed by atoms with Gasteiger partial charge in [0.15, 0.2) is 0 Å². The van der Waals surface area contributed by atoms with Crippen LogP contribution in [0.1, 0.15) is 48.4 Å². The van der Waals surface area contributed by atoms with Crippen LogP contribution >= 0.6 is 11.6 Å². The molecule has 2 aromatic rings. The van der Waals surface area contributed by atoms with Gasteiger partial charge in [0.2, 0.25) is 5.91 Å². The summed E-state index contributed by atoms with van der Waals surface area (Å²) in [5.74, 6) is 1.31. The number of hydrogen-bond donors (Lipinski definition) is 0. The van der Waals surface area contributed by atoms with Crippen molar-refractivity contribution in [3.8, 4) is 0 Å². The average molecular weight is 472 g/mol. The van der Waals surface area contributed by atoms with E-state index in [9.17, 15) is 9.18 Å². The molecule has 0 N–H and O–H groups in total. The van der Waals surface area contributed by atoms with Crippen molar-refractivity contribution < 1.29 is 9.18 Å². The Bertz CT molecular complexity index is 995. The number of piperazine rings is 1. The van der Waals surface area contributed by atoms with E-state index in [1.165, 1.54) is 11.3 Å². The van der Waals surface area contributed by atoms with Gasteiger partial charge in [-0.2, -0.15) is 0 Å². The SMILES string of the molecule is C[C@@H]1CCc2ncnc(N3CCN(C(=O)C(CN4CC[C@@H](F)C4)c4ccc(Cl)cc4)CC3)c21. The molecule has 3 atom stereocenters. The molecule has 2 saturated heterocycles. The second-order valence-electron chi connectivity index (χ2n) is 9.56. The van der Waals surface area contributed by atoms with Gasteiger partial charge in [0.1, 0.15) is 18.3 Å². The molecule has 1 aromatic heterocycles. The zero-order valence-electron chi connectivity index (χ0n) is 19.1. The van der Waals surface area contributed by atoms with Crippen LogP contribution in [0.25, 0.3) is 0 Å². The molecule has 3 aliphatic rings. The summed E-state index contributed by atoms with van der Waals surface area (Å²) in [6.07, 6.45) is 3.56. The average Bonchev–Trinajstić information content (AvgIpc) is 3.43. The summed E-state index contributed by atoms with van der Waals surface area (Å²) in [4.78, 5) is 29.1. The summed E-state index contributed by atoms with van der Waals surface area (Å²) < 4.78 is 13.8. The molecule has 8 heteroatoms. The number of carbonyl (C=O) groups is 1. The zero-order valence-corrected chi connectivity index (χ0v) is 19.8. The fourth-order valence-corrected chi connectivity index (χ4v) is 5.59. The Labute approximate surface area is 199 Å². The van der Waals surface area contributed by atoms with Crippen LogP contribution < -0.4 is 4.90 Å². The van der Waals surface area contributed by atoms with E-state index in [0.29, 0.717) is 50.1 Å². The molecule has 0 spiro atoms. The zero-order chi connectivity index (χ0) is 22.9. The summed E-state index contributed by atoms with van der Waals surface area (Å²) in [5.41, 5.74) is 3.40. The molecule has 1 unspecified atom stereocenters. The van der Waals surface area contributed by atoms with Gasteiger partial charge >= 0.3 is 0 Å². The smallest absolute Gasteiger partial charge is 0.231 e. The van der Waals surface area contributed by atoms with Gasteiger partial charge in [-0.15, -0.1) is 0 Å². The lowest BCUT2D eigenvalue weighted by molar-refractivity contribution is -0.133. The molecule has 6 nitrogen and oxygen atoms in total. The lowest BCUT2D eigenvalue weighted by atomic mass is 9.96. The quantitative estimate of drug-likeness (QED) is 0.666. The largest absolute Gasteiger partial charge is 0.353 e. The fourth-order valence-electron chi connectivity index (χ4n) is 5.46. The molecule has 3 heterocycles. The van der Waals surface area contributed by atoms with E-state index >= 15 is 0 Å². The van der Waals surface area contributed by atoms with E-state index in [4.69, 9.17) is 11.6 Å². The fraction of sp³-hybridized carbons (Fsp3) is 0.560. The minimum Gasteiger partial charge on any atom is -0.353 e. The van der Waals surface area contributed by atoms with Crippen LogP contribution in [-0.2, 0) is 11.2 Å². The minimum atomic E-state index is -0.800. The highest BCUT2D eigenvalue weighted by Gasteiger charge is 2.34. The Hall–Kier alpha value is -2.25. The van der Waals surface area contributed by atoms with Gasteiger partial charge in [-0.3, -0.25) is 9.69 Å². The summed E-state index contributed by atoms with van der Waals surface area (Å²) in [5, 5.41) is 0.648. The van der Waals surface area contributed by atoms with Crippen molar-refractivity contribution in [1.82, 2.24) is 19.8 Å². The maximum Gasteiger partial charge on any atom is 0.231 e. The predicted molar refractivity (Wildman–Crippen MR) is 128 cm³/mol. The minimum absolute atomic E-state index is 0.112. The van der Waals surface area contributed by atoms with Crippen LogP contribution in [0.5, 0.6) is 0 Å². The molecule has 0 saturated carbocycles. The van der Waals surface area contributed by atoms with E-state index in [1.54, 1.807) is 6.33 Å². The summed E-state index contributed by atoms with van der Waals surface area (Å²) in [7, 11) is 0. The third-order valence-electron chi connectivity index (χ3n) is 7.37. The maximum absolute atomic E-state index is 13.8. The molecular formula is C25H31ClFN5O. The number of fused-ring (bicyclic) bond motifs is 1. The summed E-state index contributed by atoms with van der Waals surface area (Å²) in [6, 6.07) is 7.51. The second kappa shape index (κ2) is 9.55. The molecule has 1 aromatic carbocycles. The first-order valence-electron chi connectivity index (χ1n) is 12.0. The second-order valence-corrected chi connectivity index (χ2v) is 10.00. The van der Waals surface area contributed by atoms with Gasteiger partial charge in [0, 0.05) is 62.1 Å². The first-order valence-corrected chi connectivity index (χ1v) is 12.4. The van der Waals surface area contributed by atoms with Crippen molar-refractivity contribution in [2.45, 2.75) is 44.2 Å². The van der Waals surface area contributed by atoms with Gasteiger partial charge in [0.05, 0.1) is 5.92 Å². The lowest BCUT2D eigenvalue weighted by Gasteiger charge is -2.38. The first kappa shape index (κ1) is 22.5. The van der Waals surface area contributed by atoms with Gasteiger partial charge in [-0.1, -0.05) is 30.7 Å². The number of hydrogen-bond acceptors (Lipinski definition) is 5. The van der Waals surface area contributed by atoms with Crippen LogP contribution in [0.3, 0.4) is 0 Å². The van der Waals surface area contributed by atoms with Crippen molar-refractivity contribution in [1.29, 1.82) is 0 Å². The highest BCUT2D eigenvalue weighted by atomic mass is 35.5. The van der Waals surface area contributed by atoms with Crippen molar-refractivity contribution in [3.05, 3.63) is 52.4 Å². The van der Waals surface area contributed by atoms with Crippen LogP contribution in [0.15, 0.2) is 30.6 Å². The summed E-state index contributed by atoms with van der Waals surface area (Å²) >= 11 is 6.09. The number of halogens is 2. The third kappa shape index (κ3) is 4.71. The van der Waals surface area contributed by atoms with Crippen molar-refractivity contribution in [2.24, 2.45) is 0 Å². The molecule has 5 rings (SSSR count). The standard InChI is InChI=1S/C25H31ClFN5O/c1-17-2-7-22-23(17)24(29-16-28-22)31-10-12-32(13-11-31)25(33)21(15-30-9-8-20(27)14-30)18-3-5-19(26)6-4-18/h3-6,16-17,20-21H,2,7-15H2,1H3/t17-,20-,21?/m1/s1. The Morgan fingerprint density at radius 2 is 1.88 bits per heavy atom. The molecule has 0 bridgehead atoms. The molecule has 0 radical (unpaired) electrons. The van der Waals surface area contributed by atoms with Gasteiger partial charge in [-0.25, -0.2) is 14.4 Å².